The van der Waals surface area contributed by atoms with Crippen molar-refractivity contribution in [3.63, 3.8) is 0 Å². The van der Waals surface area contributed by atoms with Gasteiger partial charge in [0.05, 0.1) is 6.10 Å². The molecule has 0 saturated carbocycles. The van der Waals surface area contributed by atoms with Gasteiger partial charge in [-0.1, -0.05) is 0 Å². The number of ether oxygens (including phenoxy) is 1. The molecule has 0 aliphatic heterocycles. The minimum Gasteiger partial charge on any atom is -0.377 e. The molecule has 1 atom stereocenters. The SMILES string of the molecule is CO[C@@H](CN)CF. The van der Waals surface area contributed by atoms with E-state index in [1.165, 1.54) is 7.11 Å². The Labute approximate surface area is 42.5 Å². The van der Waals surface area contributed by atoms with Crippen molar-refractivity contribution in [2.75, 3.05) is 20.3 Å². The molecule has 0 aromatic rings. The van der Waals surface area contributed by atoms with Crippen LogP contribution in [0.4, 0.5) is 4.39 Å². The first-order chi connectivity index (χ1) is 3.35. The number of nitrogens with two attached hydrogens (primary N) is 1. The fourth-order valence-electron chi connectivity index (χ4n) is 0.222. The Balaban J connectivity index is 2.99. The average Bonchev–Trinajstić information content (AvgIpc) is 1.72. The van der Waals surface area contributed by atoms with E-state index in [9.17, 15) is 4.39 Å². The summed E-state index contributed by atoms with van der Waals surface area (Å²) in [5.41, 5.74) is 5.03. The summed E-state index contributed by atoms with van der Waals surface area (Å²) in [5.74, 6) is 0. The predicted octanol–water partition coefficient (Wildman–Crippen LogP) is -0.0704. The zero-order valence-corrected chi connectivity index (χ0v) is 4.36. The lowest BCUT2D eigenvalue weighted by molar-refractivity contribution is 0.0861. The van der Waals surface area contributed by atoms with Crippen LogP contribution in [0.2, 0.25) is 0 Å². The lowest BCUT2D eigenvalue weighted by Gasteiger charge is -2.04. The molecule has 0 aromatic heterocycles. The van der Waals surface area contributed by atoms with Crippen LogP contribution in [0.15, 0.2) is 0 Å². The standard InChI is InChI=1S/C4H10FNO/c1-7-4(2-5)3-6/h4H,2-3,6H2,1H3/t4-/m1/s1. The molecule has 0 aliphatic carbocycles. The van der Waals surface area contributed by atoms with E-state index >= 15 is 0 Å². The monoisotopic (exact) mass is 107 g/mol. The van der Waals surface area contributed by atoms with Gasteiger partial charge in [0.25, 0.3) is 0 Å². The Morgan fingerprint density at radius 1 is 1.86 bits per heavy atom. The molecule has 0 rings (SSSR count). The highest BCUT2D eigenvalue weighted by Crippen LogP contribution is 1.84. The smallest absolute Gasteiger partial charge is 0.117 e. The van der Waals surface area contributed by atoms with E-state index in [1.54, 1.807) is 0 Å². The van der Waals surface area contributed by atoms with E-state index in [0.29, 0.717) is 0 Å². The molecule has 3 heteroatoms. The Morgan fingerprint density at radius 2 is 2.43 bits per heavy atom. The predicted molar refractivity (Wildman–Crippen MR) is 25.8 cm³/mol. The second-order valence-electron chi connectivity index (χ2n) is 1.25. The number of halogens is 1. The van der Waals surface area contributed by atoms with Crippen molar-refractivity contribution >= 4 is 0 Å². The van der Waals surface area contributed by atoms with Gasteiger partial charge in [-0.2, -0.15) is 0 Å². The highest BCUT2D eigenvalue weighted by molar-refractivity contribution is 4.52. The van der Waals surface area contributed by atoms with Crippen LogP contribution in [0.25, 0.3) is 0 Å². The summed E-state index contributed by atoms with van der Waals surface area (Å²) in [6, 6.07) is 0. The first-order valence-corrected chi connectivity index (χ1v) is 2.14. The van der Waals surface area contributed by atoms with Crippen molar-refractivity contribution in [3.8, 4) is 0 Å². The first-order valence-electron chi connectivity index (χ1n) is 2.14. The minimum atomic E-state index is -0.493. The Morgan fingerprint density at radius 3 is 2.43 bits per heavy atom. The maximum atomic E-state index is 11.5. The summed E-state index contributed by atoms with van der Waals surface area (Å²) < 4.78 is 16.0. The number of rotatable bonds is 3. The summed E-state index contributed by atoms with van der Waals surface area (Å²) in [5, 5.41) is 0. The third kappa shape index (κ3) is 2.53. The van der Waals surface area contributed by atoms with Crippen molar-refractivity contribution in [1.82, 2.24) is 0 Å². The van der Waals surface area contributed by atoms with Gasteiger partial charge in [0.1, 0.15) is 6.67 Å². The van der Waals surface area contributed by atoms with Gasteiger partial charge in [-0.3, -0.25) is 0 Å². The van der Waals surface area contributed by atoms with E-state index in [-0.39, 0.29) is 6.54 Å². The summed E-state index contributed by atoms with van der Waals surface area (Å²) in [6.45, 7) is -0.236. The largest absolute Gasteiger partial charge is 0.377 e. The lowest BCUT2D eigenvalue weighted by Crippen LogP contribution is -2.23. The summed E-state index contributed by atoms with van der Waals surface area (Å²) in [4.78, 5) is 0. The molecule has 2 nitrogen and oxygen atoms in total. The van der Waals surface area contributed by atoms with Crippen LogP contribution >= 0.6 is 0 Å². The van der Waals surface area contributed by atoms with E-state index in [2.05, 4.69) is 4.74 Å². The maximum Gasteiger partial charge on any atom is 0.117 e. The van der Waals surface area contributed by atoms with Crippen LogP contribution in [0.1, 0.15) is 0 Å². The molecule has 0 aromatic carbocycles. The van der Waals surface area contributed by atoms with Crippen molar-refractivity contribution in [1.29, 1.82) is 0 Å². The average molecular weight is 107 g/mol. The van der Waals surface area contributed by atoms with Crippen molar-refractivity contribution in [2.24, 2.45) is 5.73 Å². The molecule has 0 saturated heterocycles. The van der Waals surface area contributed by atoms with Crippen LogP contribution < -0.4 is 5.73 Å². The second kappa shape index (κ2) is 4.02. The first kappa shape index (κ1) is 6.85. The van der Waals surface area contributed by atoms with E-state index in [4.69, 9.17) is 5.73 Å². The molecule has 2 N–H and O–H groups in total. The molecule has 0 fully saturated rings. The minimum absolute atomic E-state index is 0.257. The quantitative estimate of drug-likeness (QED) is 0.548. The zero-order valence-electron chi connectivity index (χ0n) is 4.36. The molecule has 0 amide bonds. The molecule has 0 unspecified atom stereocenters. The topological polar surface area (TPSA) is 35.2 Å². The molecule has 0 aliphatic rings. The maximum absolute atomic E-state index is 11.5. The van der Waals surface area contributed by atoms with Gasteiger partial charge in [0, 0.05) is 13.7 Å². The summed E-state index contributed by atoms with van der Waals surface area (Å²) in [6.07, 6.45) is -0.403. The molecule has 0 heterocycles. The van der Waals surface area contributed by atoms with Gasteiger partial charge in [-0.25, -0.2) is 4.39 Å². The fraction of sp³-hybridized carbons (Fsp3) is 1.00. The Bertz CT molecular complexity index is 33.2. The Hall–Kier alpha value is -0.150. The number of alkyl halides is 1. The highest BCUT2D eigenvalue weighted by Gasteiger charge is 1.99. The van der Waals surface area contributed by atoms with Crippen molar-refractivity contribution in [3.05, 3.63) is 0 Å². The van der Waals surface area contributed by atoms with E-state index < -0.39 is 12.8 Å². The van der Waals surface area contributed by atoms with Gasteiger partial charge in [0.2, 0.25) is 0 Å². The van der Waals surface area contributed by atoms with Crippen LogP contribution in [0.3, 0.4) is 0 Å². The number of hydrogen-bond acceptors (Lipinski definition) is 2. The summed E-state index contributed by atoms with van der Waals surface area (Å²) >= 11 is 0. The molecule has 7 heavy (non-hydrogen) atoms. The molecule has 0 radical (unpaired) electrons. The second-order valence-corrected chi connectivity index (χ2v) is 1.25. The third-order valence-electron chi connectivity index (χ3n) is 0.768. The third-order valence-corrected chi connectivity index (χ3v) is 0.768. The van der Waals surface area contributed by atoms with Gasteiger partial charge < -0.3 is 10.5 Å². The molecule has 44 valence electrons. The van der Waals surface area contributed by atoms with Crippen LogP contribution in [0.5, 0.6) is 0 Å². The van der Waals surface area contributed by atoms with Gasteiger partial charge in [-0.05, 0) is 0 Å². The highest BCUT2D eigenvalue weighted by atomic mass is 19.1. The van der Waals surface area contributed by atoms with Gasteiger partial charge in [-0.15, -0.1) is 0 Å². The molecular weight excluding hydrogens is 97.0 g/mol. The van der Waals surface area contributed by atoms with E-state index in [0.717, 1.165) is 0 Å². The van der Waals surface area contributed by atoms with Crippen LogP contribution in [-0.4, -0.2) is 26.4 Å². The summed E-state index contributed by atoms with van der Waals surface area (Å²) in [7, 11) is 1.44. The van der Waals surface area contributed by atoms with Crippen molar-refractivity contribution < 1.29 is 9.13 Å². The zero-order chi connectivity index (χ0) is 5.70. The molecule has 0 bridgehead atoms. The van der Waals surface area contributed by atoms with E-state index in [1.807, 2.05) is 0 Å². The molecular formula is C4H10FNO. The number of hydrogen-bond donors (Lipinski definition) is 1. The van der Waals surface area contributed by atoms with Crippen LogP contribution in [-0.2, 0) is 4.74 Å². The normalized spacial score (nSPS) is 14.1. The van der Waals surface area contributed by atoms with Crippen LogP contribution in [0, 0.1) is 0 Å². The molecule has 0 spiro atoms. The number of methoxy groups -OCH3 is 1. The van der Waals surface area contributed by atoms with Gasteiger partial charge in [0.15, 0.2) is 0 Å². The fourth-order valence-corrected chi connectivity index (χ4v) is 0.222. The Kier molecular flexibility index (Phi) is 3.93. The van der Waals surface area contributed by atoms with Gasteiger partial charge >= 0.3 is 0 Å². The lowest BCUT2D eigenvalue weighted by atomic mass is 10.4. The van der Waals surface area contributed by atoms with Crippen molar-refractivity contribution in [2.45, 2.75) is 6.10 Å².